The van der Waals surface area contributed by atoms with E-state index in [0.29, 0.717) is 19.4 Å². The molecule has 92 valence electrons. The van der Waals surface area contributed by atoms with Gasteiger partial charge >= 0.3 is 0 Å². The van der Waals surface area contributed by atoms with Gasteiger partial charge in [0.05, 0.1) is 11.5 Å². The van der Waals surface area contributed by atoms with Crippen LogP contribution < -0.4 is 5.32 Å². The van der Waals surface area contributed by atoms with E-state index in [0.717, 1.165) is 0 Å². The number of hydrogen-bond acceptors (Lipinski definition) is 2. The van der Waals surface area contributed by atoms with Crippen molar-refractivity contribution in [2.24, 2.45) is 5.41 Å². The topological polar surface area (TPSA) is 35.8 Å². The van der Waals surface area contributed by atoms with Crippen LogP contribution in [0.3, 0.4) is 0 Å². The van der Waals surface area contributed by atoms with Gasteiger partial charge in [0.25, 0.3) is 0 Å². The summed E-state index contributed by atoms with van der Waals surface area (Å²) in [5, 5.41) is 11.5. The summed E-state index contributed by atoms with van der Waals surface area (Å²) in [4.78, 5) is 0. The van der Waals surface area contributed by atoms with Gasteiger partial charge in [0.15, 0.2) is 0 Å². The lowest BCUT2D eigenvalue weighted by Gasteiger charge is -2.15. The van der Waals surface area contributed by atoms with E-state index in [2.05, 4.69) is 11.4 Å². The van der Waals surface area contributed by atoms with Crippen molar-refractivity contribution in [1.82, 2.24) is 0 Å². The number of nitrogens with one attached hydrogen (secondary N) is 1. The Kier molecular flexibility index (Phi) is 4.45. The second-order valence-electron chi connectivity index (χ2n) is 4.62. The van der Waals surface area contributed by atoms with Crippen molar-refractivity contribution in [3.63, 3.8) is 0 Å². The van der Waals surface area contributed by atoms with Gasteiger partial charge in [-0.3, -0.25) is 0 Å². The number of nitrogens with zero attached hydrogens (tertiary/aromatic N) is 1. The molecule has 0 aliphatic rings. The van der Waals surface area contributed by atoms with Crippen LogP contribution in [0.1, 0.15) is 26.7 Å². The maximum absolute atomic E-state index is 13.2. The summed E-state index contributed by atoms with van der Waals surface area (Å²) in [5.74, 6) is -1.19. The smallest absolute Gasteiger partial charge is 0.149 e. The number of hydrogen-bond donors (Lipinski definition) is 1. The predicted molar refractivity (Wildman–Crippen MR) is 63.5 cm³/mol. The molecular formula is C13H16F2N2. The Morgan fingerprint density at radius 3 is 2.41 bits per heavy atom. The van der Waals surface area contributed by atoms with Crippen LogP contribution >= 0.6 is 0 Å². The van der Waals surface area contributed by atoms with Crippen molar-refractivity contribution < 1.29 is 8.78 Å². The van der Waals surface area contributed by atoms with Gasteiger partial charge in [-0.25, -0.2) is 8.78 Å². The molecule has 0 aliphatic carbocycles. The third-order valence-corrected chi connectivity index (χ3v) is 2.55. The van der Waals surface area contributed by atoms with Gasteiger partial charge in [0.1, 0.15) is 17.3 Å². The number of halogens is 2. The number of para-hydroxylation sites is 1. The average molecular weight is 238 g/mol. The first-order chi connectivity index (χ1) is 7.96. The molecule has 1 N–H and O–H groups in total. The van der Waals surface area contributed by atoms with Crippen LogP contribution in [0.4, 0.5) is 14.5 Å². The van der Waals surface area contributed by atoms with E-state index in [9.17, 15) is 8.78 Å². The molecule has 17 heavy (non-hydrogen) atoms. The van der Waals surface area contributed by atoms with Crippen molar-refractivity contribution in [3.05, 3.63) is 29.8 Å². The molecule has 1 aromatic rings. The molecule has 0 saturated heterocycles. The fourth-order valence-electron chi connectivity index (χ4n) is 1.47. The number of anilines is 1. The zero-order chi connectivity index (χ0) is 12.9. The standard InChI is InChI=1S/C13H16F2N2/c1-13(2,9-16)7-4-8-17-12-10(14)5-3-6-11(12)15/h3,5-6,17H,4,7-8H2,1-2H3. The molecule has 0 bridgehead atoms. The van der Waals surface area contributed by atoms with E-state index < -0.39 is 17.0 Å². The molecule has 1 aromatic carbocycles. The largest absolute Gasteiger partial charge is 0.380 e. The van der Waals surface area contributed by atoms with Crippen molar-refractivity contribution >= 4 is 5.69 Å². The van der Waals surface area contributed by atoms with Crippen molar-refractivity contribution in [2.45, 2.75) is 26.7 Å². The SMILES string of the molecule is CC(C)(C#N)CCCNc1c(F)cccc1F. The third-order valence-electron chi connectivity index (χ3n) is 2.55. The molecule has 0 radical (unpaired) electrons. The molecule has 0 aromatic heterocycles. The van der Waals surface area contributed by atoms with Crippen LogP contribution in [0, 0.1) is 28.4 Å². The first-order valence-electron chi connectivity index (χ1n) is 5.55. The molecule has 4 heteroatoms. The summed E-state index contributed by atoms with van der Waals surface area (Å²) >= 11 is 0. The molecule has 0 aliphatic heterocycles. The Hall–Kier alpha value is -1.63. The van der Waals surface area contributed by atoms with Gasteiger partial charge in [-0.2, -0.15) is 5.26 Å². The number of benzene rings is 1. The van der Waals surface area contributed by atoms with E-state index in [1.807, 2.05) is 13.8 Å². The maximum Gasteiger partial charge on any atom is 0.149 e. The highest BCUT2D eigenvalue weighted by atomic mass is 19.1. The van der Waals surface area contributed by atoms with E-state index in [-0.39, 0.29) is 5.69 Å². The predicted octanol–water partition coefficient (Wildman–Crippen LogP) is 3.71. The van der Waals surface area contributed by atoms with Gasteiger partial charge in [0.2, 0.25) is 0 Å². The highest BCUT2D eigenvalue weighted by Gasteiger charge is 2.15. The Morgan fingerprint density at radius 1 is 1.29 bits per heavy atom. The maximum atomic E-state index is 13.2. The first-order valence-corrected chi connectivity index (χ1v) is 5.55. The van der Waals surface area contributed by atoms with Crippen molar-refractivity contribution in [2.75, 3.05) is 11.9 Å². The van der Waals surface area contributed by atoms with Gasteiger partial charge < -0.3 is 5.32 Å². The van der Waals surface area contributed by atoms with Crippen LogP contribution in [-0.4, -0.2) is 6.54 Å². The van der Waals surface area contributed by atoms with Crippen LogP contribution in [0.2, 0.25) is 0 Å². The third kappa shape index (κ3) is 4.03. The lowest BCUT2D eigenvalue weighted by atomic mass is 9.90. The van der Waals surface area contributed by atoms with Crippen LogP contribution in [0.15, 0.2) is 18.2 Å². The normalized spacial score (nSPS) is 11.0. The fourth-order valence-corrected chi connectivity index (χ4v) is 1.47. The molecule has 0 heterocycles. The number of rotatable bonds is 5. The van der Waals surface area contributed by atoms with Gasteiger partial charge in [-0.15, -0.1) is 0 Å². The first kappa shape index (κ1) is 13.4. The second kappa shape index (κ2) is 5.62. The molecule has 0 spiro atoms. The van der Waals surface area contributed by atoms with E-state index in [4.69, 9.17) is 5.26 Å². The average Bonchev–Trinajstić information content (AvgIpc) is 2.27. The zero-order valence-corrected chi connectivity index (χ0v) is 10.1. The molecule has 2 nitrogen and oxygen atoms in total. The van der Waals surface area contributed by atoms with Crippen molar-refractivity contribution in [1.29, 1.82) is 5.26 Å². The summed E-state index contributed by atoms with van der Waals surface area (Å²) in [6.07, 6.45) is 1.38. The Balaban J connectivity index is 2.45. The zero-order valence-electron chi connectivity index (χ0n) is 10.1. The molecule has 0 amide bonds. The minimum absolute atomic E-state index is 0.0951. The summed E-state index contributed by atoms with van der Waals surface area (Å²) in [5.41, 5.74) is -0.489. The molecule has 0 atom stereocenters. The van der Waals surface area contributed by atoms with Crippen LogP contribution in [0.5, 0.6) is 0 Å². The highest BCUT2D eigenvalue weighted by Crippen LogP contribution is 2.22. The summed E-state index contributed by atoms with van der Waals surface area (Å²) in [6.45, 7) is 4.14. The lowest BCUT2D eigenvalue weighted by molar-refractivity contribution is 0.441. The van der Waals surface area contributed by atoms with E-state index >= 15 is 0 Å². The molecule has 0 saturated carbocycles. The molecule has 1 rings (SSSR count). The second-order valence-corrected chi connectivity index (χ2v) is 4.62. The van der Waals surface area contributed by atoms with Gasteiger partial charge in [0, 0.05) is 6.54 Å². The van der Waals surface area contributed by atoms with Gasteiger partial charge in [-0.05, 0) is 38.8 Å². The summed E-state index contributed by atoms with van der Waals surface area (Å²) in [6, 6.07) is 5.94. The summed E-state index contributed by atoms with van der Waals surface area (Å²) in [7, 11) is 0. The monoisotopic (exact) mass is 238 g/mol. The quantitative estimate of drug-likeness (QED) is 0.794. The van der Waals surface area contributed by atoms with Crippen molar-refractivity contribution in [3.8, 4) is 6.07 Å². The fraction of sp³-hybridized carbons (Fsp3) is 0.462. The Labute approximate surface area is 100 Å². The molecule has 0 fully saturated rings. The minimum Gasteiger partial charge on any atom is -0.380 e. The van der Waals surface area contributed by atoms with Gasteiger partial charge in [-0.1, -0.05) is 6.07 Å². The summed E-state index contributed by atoms with van der Waals surface area (Å²) < 4.78 is 26.4. The van der Waals surface area contributed by atoms with Crippen LogP contribution in [0.25, 0.3) is 0 Å². The highest BCUT2D eigenvalue weighted by molar-refractivity contribution is 5.45. The Bertz CT molecular complexity index is 402. The number of nitriles is 1. The Morgan fingerprint density at radius 2 is 1.88 bits per heavy atom. The molecular weight excluding hydrogens is 222 g/mol. The van der Waals surface area contributed by atoms with E-state index in [1.54, 1.807) is 0 Å². The lowest BCUT2D eigenvalue weighted by Crippen LogP contribution is -2.12. The minimum atomic E-state index is -0.593. The van der Waals surface area contributed by atoms with Crippen LogP contribution in [-0.2, 0) is 0 Å². The molecule has 0 unspecified atom stereocenters. The van der Waals surface area contributed by atoms with E-state index in [1.165, 1.54) is 18.2 Å².